The van der Waals surface area contributed by atoms with Crippen LogP contribution in [0.5, 0.6) is 0 Å². The largest absolute Gasteiger partial charge is 0.460 e. The highest BCUT2D eigenvalue weighted by atomic mass is 16.3. The molecule has 27 heavy (non-hydrogen) atoms. The van der Waals surface area contributed by atoms with E-state index in [2.05, 4.69) is 63.5 Å². The van der Waals surface area contributed by atoms with Gasteiger partial charge in [0.1, 0.15) is 11.5 Å². The Hall–Kier alpha value is -2.85. The number of benzene rings is 2. The Kier molecular flexibility index (Phi) is 4.06. The van der Waals surface area contributed by atoms with Crippen molar-refractivity contribution >= 4 is 6.21 Å². The second kappa shape index (κ2) is 6.71. The molecule has 1 saturated heterocycles. The first-order chi connectivity index (χ1) is 13.3. The lowest BCUT2D eigenvalue weighted by Gasteiger charge is -2.37. The Morgan fingerprint density at radius 3 is 2.07 bits per heavy atom. The minimum Gasteiger partial charge on any atom is -0.460 e. The van der Waals surface area contributed by atoms with Crippen molar-refractivity contribution in [1.82, 2.24) is 9.91 Å². The molecular formula is C23H23N3O. The van der Waals surface area contributed by atoms with Crippen LogP contribution in [0, 0.1) is 6.92 Å². The van der Waals surface area contributed by atoms with Crippen molar-refractivity contribution in [3.63, 3.8) is 0 Å². The number of aryl methyl sites for hydroxylation is 1. The predicted octanol–water partition coefficient (Wildman–Crippen LogP) is 4.31. The van der Waals surface area contributed by atoms with Crippen LogP contribution in [0.2, 0.25) is 0 Å². The molecule has 0 atom stereocenters. The van der Waals surface area contributed by atoms with Gasteiger partial charge in [0.15, 0.2) is 0 Å². The summed E-state index contributed by atoms with van der Waals surface area (Å²) in [6.45, 7) is 5.81. The standard InChI is InChI=1S/C23H23N3O/c1-17-10-11-18(27-17)16-24-26-14-12-25(13-15-26)23-21-8-4-2-6-19(21)20-7-3-5-9-22(20)23/h2-11,16,23H,12-15H2,1H3. The molecule has 0 saturated carbocycles. The van der Waals surface area contributed by atoms with Crippen molar-refractivity contribution in [2.75, 3.05) is 26.2 Å². The zero-order chi connectivity index (χ0) is 18.2. The topological polar surface area (TPSA) is 32.0 Å². The fraction of sp³-hybridized carbons (Fsp3) is 0.261. The van der Waals surface area contributed by atoms with Gasteiger partial charge in [0.05, 0.1) is 12.3 Å². The summed E-state index contributed by atoms with van der Waals surface area (Å²) in [6.07, 6.45) is 1.82. The third-order valence-electron chi connectivity index (χ3n) is 5.57. The van der Waals surface area contributed by atoms with E-state index in [4.69, 9.17) is 4.42 Å². The summed E-state index contributed by atoms with van der Waals surface area (Å²) in [4.78, 5) is 2.59. The lowest BCUT2D eigenvalue weighted by Crippen LogP contribution is -2.45. The Morgan fingerprint density at radius 1 is 0.852 bits per heavy atom. The first kappa shape index (κ1) is 16.3. The Labute approximate surface area is 159 Å². The van der Waals surface area contributed by atoms with Crippen LogP contribution in [0.15, 0.2) is 70.2 Å². The highest BCUT2D eigenvalue weighted by molar-refractivity contribution is 5.78. The second-order valence-corrected chi connectivity index (χ2v) is 7.26. The molecule has 136 valence electrons. The molecule has 2 heterocycles. The highest BCUT2D eigenvalue weighted by Crippen LogP contribution is 2.46. The lowest BCUT2D eigenvalue weighted by atomic mass is 10.0. The fourth-order valence-corrected chi connectivity index (χ4v) is 4.27. The molecule has 1 aliphatic heterocycles. The molecule has 1 fully saturated rings. The molecule has 1 aromatic heterocycles. The average Bonchev–Trinajstić information content (AvgIpc) is 3.28. The van der Waals surface area contributed by atoms with Crippen molar-refractivity contribution in [2.24, 2.45) is 5.10 Å². The minimum absolute atomic E-state index is 0.358. The Balaban J connectivity index is 1.33. The minimum atomic E-state index is 0.358. The SMILES string of the molecule is Cc1ccc(C=NN2CCN(C3c4ccccc4-c4ccccc43)CC2)o1. The molecule has 0 unspecified atom stereocenters. The van der Waals surface area contributed by atoms with Gasteiger partial charge in [-0.15, -0.1) is 0 Å². The first-order valence-corrected chi connectivity index (χ1v) is 9.57. The number of piperazine rings is 1. The van der Waals surface area contributed by atoms with E-state index < -0.39 is 0 Å². The van der Waals surface area contributed by atoms with Crippen molar-refractivity contribution in [3.05, 3.63) is 83.3 Å². The van der Waals surface area contributed by atoms with Gasteiger partial charge in [-0.05, 0) is 41.3 Å². The summed E-state index contributed by atoms with van der Waals surface area (Å²) < 4.78 is 5.57. The molecule has 3 aromatic rings. The van der Waals surface area contributed by atoms with Crippen LogP contribution >= 0.6 is 0 Å². The summed E-state index contributed by atoms with van der Waals surface area (Å²) in [5, 5.41) is 6.74. The molecule has 2 aromatic carbocycles. The molecule has 0 radical (unpaired) electrons. The van der Waals surface area contributed by atoms with Crippen LogP contribution in [0.25, 0.3) is 11.1 Å². The van der Waals surface area contributed by atoms with Crippen LogP contribution in [0.3, 0.4) is 0 Å². The van der Waals surface area contributed by atoms with E-state index in [1.54, 1.807) is 0 Å². The number of hydrogen-bond donors (Lipinski definition) is 0. The molecular weight excluding hydrogens is 334 g/mol. The fourth-order valence-electron chi connectivity index (χ4n) is 4.27. The maximum atomic E-state index is 5.57. The average molecular weight is 357 g/mol. The van der Waals surface area contributed by atoms with Crippen molar-refractivity contribution in [2.45, 2.75) is 13.0 Å². The molecule has 5 rings (SSSR count). The Morgan fingerprint density at radius 2 is 1.48 bits per heavy atom. The zero-order valence-electron chi connectivity index (χ0n) is 15.5. The van der Waals surface area contributed by atoms with Gasteiger partial charge in [-0.25, -0.2) is 0 Å². The van der Waals surface area contributed by atoms with E-state index in [1.165, 1.54) is 22.3 Å². The second-order valence-electron chi connectivity index (χ2n) is 7.26. The van der Waals surface area contributed by atoms with Gasteiger partial charge in [0.25, 0.3) is 0 Å². The van der Waals surface area contributed by atoms with E-state index in [0.29, 0.717) is 6.04 Å². The molecule has 0 spiro atoms. The quantitative estimate of drug-likeness (QED) is 0.655. The van der Waals surface area contributed by atoms with Gasteiger partial charge in [0, 0.05) is 26.2 Å². The number of nitrogens with zero attached hydrogens (tertiary/aromatic N) is 3. The first-order valence-electron chi connectivity index (χ1n) is 9.57. The summed E-state index contributed by atoms with van der Waals surface area (Å²) in [7, 11) is 0. The lowest BCUT2D eigenvalue weighted by molar-refractivity contribution is 0.114. The zero-order valence-corrected chi connectivity index (χ0v) is 15.5. The predicted molar refractivity (Wildman–Crippen MR) is 108 cm³/mol. The van der Waals surface area contributed by atoms with Crippen LogP contribution < -0.4 is 0 Å². The number of rotatable bonds is 3. The van der Waals surface area contributed by atoms with Gasteiger partial charge in [-0.3, -0.25) is 9.91 Å². The van der Waals surface area contributed by atoms with E-state index in [-0.39, 0.29) is 0 Å². The number of hydrogen-bond acceptors (Lipinski definition) is 4. The molecule has 0 N–H and O–H groups in total. The van der Waals surface area contributed by atoms with E-state index in [9.17, 15) is 0 Å². The van der Waals surface area contributed by atoms with Gasteiger partial charge in [-0.2, -0.15) is 5.10 Å². The van der Waals surface area contributed by atoms with Crippen molar-refractivity contribution < 1.29 is 4.42 Å². The van der Waals surface area contributed by atoms with E-state index in [0.717, 1.165) is 37.7 Å². The van der Waals surface area contributed by atoms with Crippen molar-refractivity contribution in [1.29, 1.82) is 0 Å². The van der Waals surface area contributed by atoms with E-state index in [1.807, 2.05) is 25.3 Å². The monoisotopic (exact) mass is 357 g/mol. The normalized spacial score (nSPS) is 17.4. The molecule has 4 nitrogen and oxygen atoms in total. The van der Waals surface area contributed by atoms with Crippen LogP contribution in [-0.4, -0.2) is 42.3 Å². The van der Waals surface area contributed by atoms with E-state index >= 15 is 0 Å². The number of furan rings is 1. The van der Waals surface area contributed by atoms with Gasteiger partial charge in [0.2, 0.25) is 0 Å². The maximum Gasteiger partial charge on any atom is 0.147 e. The summed E-state index contributed by atoms with van der Waals surface area (Å²) >= 11 is 0. The smallest absolute Gasteiger partial charge is 0.147 e. The van der Waals surface area contributed by atoms with Crippen molar-refractivity contribution in [3.8, 4) is 11.1 Å². The molecule has 4 heteroatoms. The number of fused-ring (bicyclic) bond motifs is 3. The molecule has 1 aliphatic carbocycles. The van der Waals surface area contributed by atoms with Crippen LogP contribution in [0.1, 0.15) is 28.7 Å². The summed E-state index contributed by atoms with van der Waals surface area (Å²) in [5.41, 5.74) is 5.63. The Bertz CT molecular complexity index is 937. The van der Waals surface area contributed by atoms with Gasteiger partial charge >= 0.3 is 0 Å². The molecule has 2 aliphatic rings. The molecule has 0 amide bonds. The van der Waals surface area contributed by atoms with Crippen LogP contribution in [-0.2, 0) is 0 Å². The number of hydrazone groups is 1. The maximum absolute atomic E-state index is 5.57. The third-order valence-corrected chi connectivity index (χ3v) is 5.57. The highest BCUT2D eigenvalue weighted by Gasteiger charge is 2.33. The van der Waals surface area contributed by atoms with Crippen LogP contribution in [0.4, 0.5) is 0 Å². The third kappa shape index (κ3) is 2.96. The molecule has 0 bridgehead atoms. The van der Waals surface area contributed by atoms with Gasteiger partial charge in [-0.1, -0.05) is 48.5 Å². The summed E-state index contributed by atoms with van der Waals surface area (Å²) in [6, 6.07) is 21.9. The summed E-state index contributed by atoms with van der Waals surface area (Å²) in [5.74, 6) is 1.73. The van der Waals surface area contributed by atoms with Gasteiger partial charge < -0.3 is 4.42 Å².